The van der Waals surface area contributed by atoms with E-state index in [-0.39, 0.29) is 24.0 Å². The van der Waals surface area contributed by atoms with E-state index in [0.29, 0.717) is 11.2 Å². The van der Waals surface area contributed by atoms with Gasteiger partial charge in [0.05, 0.1) is 18.5 Å². The molecule has 1 saturated carbocycles. The van der Waals surface area contributed by atoms with Crippen LogP contribution in [0.2, 0.25) is 0 Å². The molecule has 0 bridgehead atoms. The molecular weight excluding hydrogens is 298 g/mol. The van der Waals surface area contributed by atoms with Crippen molar-refractivity contribution in [3.05, 3.63) is 0 Å². The summed E-state index contributed by atoms with van der Waals surface area (Å²) in [4.78, 5) is 25.7. The molecule has 1 aliphatic carbocycles. The molecule has 1 saturated heterocycles. The Morgan fingerprint density at radius 2 is 1.94 bits per heavy atom. The number of rotatable bonds is 2. The number of nitrogens with zero attached hydrogens (tertiary/aromatic N) is 1. The number of methoxy groups -OCH3 is 1. The maximum atomic E-state index is 12.0. The molecule has 0 aromatic heterocycles. The van der Waals surface area contributed by atoms with Crippen molar-refractivity contribution in [2.45, 2.75) is 50.6 Å². The van der Waals surface area contributed by atoms with Crippen molar-refractivity contribution in [1.29, 1.82) is 0 Å². The molecule has 1 heterocycles. The monoisotopic (exact) mass is 317 g/mol. The third-order valence-corrected chi connectivity index (χ3v) is 4.81. The van der Waals surface area contributed by atoms with E-state index in [9.17, 15) is 9.59 Å². The van der Waals surface area contributed by atoms with E-state index in [1.54, 1.807) is 4.90 Å². The lowest BCUT2D eigenvalue weighted by atomic mass is 9.76. The number of ketones is 1. The van der Waals surface area contributed by atoms with Crippen molar-refractivity contribution in [2.24, 2.45) is 5.92 Å². The smallest absolute Gasteiger partial charge is 0.410 e. The highest BCUT2D eigenvalue weighted by Gasteiger charge is 2.43. The molecule has 0 aromatic rings. The summed E-state index contributed by atoms with van der Waals surface area (Å²) in [5, 5.41) is 0.308. The predicted octanol–water partition coefficient (Wildman–Crippen LogP) is 2.74. The zero-order valence-corrected chi connectivity index (χ0v) is 12.3. The minimum Gasteiger partial charge on any atom is -0.453 e. The summed E-state index contributed by atoms with van der Waals surface area (Å²) in [5.41, 5.74) is 0. The Balaban J connectivity index is 2.21. The summed E-state index contributed by atoms with van der Waals surface area (Å²) >= 11 is 3.21. The summed E-state index contributed by atoms with van der Waals surface area (Å²) in [5.74, 6) is 0.640. The van der Waals surface area contributed by atoms with Crippen LogP contribution < -0.4 is 0 Å². The first-order chi connectivity index (χ1) is 8.69. The average molecular weight is 318 g/mol. The standard InChI is InChI=1S/C13H20BrNO3/c1-18-13(17)15-10-5-3-2-4-9(10)6-7-11(15)12(16)8-14/h9-11H,2-8H2,1H3. The first kappa shape index (κ1) is 13.8. The quantitative estimate of drug-likeness (QED) is 0.736. The van der Waals surface area contributed by atoms with Crippen molar-refractivity contribution in [3.63, 3.8) is 0 Å². The number of halogens is 1. The zero-order chi connectivity index (χ0) is 13.1. The van der Waals surface area contributed by atoms with Crippen LogP contribution in [0.25, 0.3) is 0 Å². The van der Waals surface area contributed by atoms with Gasteiger partial charge in [0.15, 0.2) is 5.78 Å². The normalized spacial score (nSPS) is 31.7. The van der Waals surface area contributed by atoms with Gasteiger partial charge in [0, 0.05) is 6.04 Å². The van der Waals surface area contributed by atoms with Crippen molar-refractivity contribution >= 4 is 27.8 Å². The Bertz CT molecular complexity index is 334. The topological polar surface area (TPSA) is 46.6 Å². The van der Waals surface area contributed by atoms with Gasteiger partial charge < -0.3 is 4.74 Å². The van der Waals surface area contributed by atoms with Crippen LogP contribution in [-0.2, 0) is 9.53 Å². The van der Waals surface area contributed by atoms with Gasteiger partial charge in [-0.05, 0) is 31.6 Å². The second kappa shape index (κ2) is 6.04. The first-order valence-electron chi connectivity index (χ1n) is 6.64. The molecule has 3 unspecified atom stereocenters. The molecule has 1 aliphatic heterocycles. The molecule has 18 heavy (non-hydrogen) atoms. The number of Topliss-reactive ketones (excluding diaryl/α,β-unsaturated/α-hetero) is 1. The Labute approximate surface area is 116 Å². The molecule has 0 aromatic carbocycles. The summed E-state index contributed by atoms with van der Waals surface area (Å²) in [7, 11) is 1.39. The highest BCUT2D eigenvalue weighted by molar-refractivity contribution is 9.09. The molecule has 2 aliphatic rings. The van der Waals surface area contributed by atoms with Crippen LogP contribution in [0.5, 0.6) is 0 Å². The average Bonchev–Trinajstić information content (AvgIpc) is 2.44. The second-order valence-corrected chi connectivity index (χ2v) is 5.74. The van der Waals surface area contributed by atoms with Gasteiger partial charge in [-0.2, -0.15) is 0 Å². The first-order valence-corrected chi connectivity index (χ1v) is 7.76. The summed E-state index contributed by atoms with van der Waals surface area (Å²) in [6, 6.07) is -0.0934. The number of hydrogen-bond donors (Lipinski definition) is 0. The lowest BCUT2D eigenvalue weighted by molar-refractivity contribution is -0.124. The number of piperidine rings is 1. The van der Waals surface area contributed by atoms with Crippen LogP contribution in [-0.4, -0.2) is 41.3 Å². The summed E-state index contributed by atoms with van der Waals surface area (Å²) in [6.45, 7) is 0. The Kier molecular flexibility index (Phi) is 4.65. The third-order valence-electron chi connectivity index (χ3n) is 4.26. The maximum absolute atomic E-state index is 12.0. The predicted molar refractivity (Wildman–Crippen MR) is 71.8 cm³/mol. The molecular formula is C13H20BrNO3. The van der Waals surface area contributed by atoms with Gasteiger partial charge in [-0.25, -0.2) is 4.79 Å². The van der Waals surface area contributed by atoms with Gasteiger partial charge in [0.25, 0.3) is 0 Å². The Morgan fingerprint density at radius 1 is 1.22 bits per heavy atom. The lowest BCUT2D eigenvalue weighted by Gasteiger charge is -2.47. The second-order valence-electron chi connectivity index (χ2n) is 5.18. The van der Waals surface area contributed by atoms with Gasteiger partial charge >= 0.3 is 6.09 Å². The van der Waals surface area contributed by atoms with Crippen molar-refractivity contribution < 1.29 is 14.3 Å². The van der Waals surface area contributed by atoms with E-state index < -0.39 is 0 Å². The van der Waals surface area contributed by atoms with Gasteiger partial charge in [0.2, 0.25) is 0 Å². The van der Waals surface area contributed by atoms with Gasteiger partial charge in [-0.15, -0.1) is 0 Å². The number of hydrogen-bond acceptors (Lipinski definition) is 3. The third kappa shape index (κ3) is 2.56. The van der Waals surface area contributed by atoms with Crippen LogP contribution in [0.1, 0.15) is 38.5 Å². The number of fused-ring (bicyclic) bond motifs is 1. The highest BCUT2D eigenvalue weighted by Crippen LogP contribution is 2.38. The van der Waals surface area contributed by atoms with E-state index >= 15 is 0 Å². The number of carbonyl (C=O) groups excluding carboxylic acids is 2. The largest absolute Gasteiger partial charge is 0.453 e. The summed E-state index contributed by atoms with van der Waals surface area (Å²) < 4.78 is 4.88. The maximum Gasteiger partial charge on any atom is 0.410 e. The molecule has 3 atom stereocenters. The summed E-state index contributed by atoms with van der Waals surface area (Å²) in [6.07, 6.45) is 6.06. The SMILES string of the molecule is COC(=O)N1C(C(=O)CBr)CCC2CCCCC21. The van der Waals surface area contributed by atoms with Gasteiger partial charge in [0.1, 0.15) is 0 Å². The molecule has 2 fully saturated rings. The van der Waals surface area contributed by atoms with Crippen molar-refractivity contribution in [2.75, 3.05) is 12.4 Å². The number of ether oxygens (including phenoxy) is 1. The molecule has 5 heteroatoms. The Hall–Kier alpha value is -0.580. The molecule has 102 valence electrons. The molecule has 0 spiro atoms. The Morgan fingerprint density at radius 3 is 2.61 bits per heavy atom. The van der Waals surface area contributed by atoms with E-state index in [4.69, 9.17) is 4.74 Å². The van der Waals surface area contributed by atoms with E-state index in [1.807, 2.05) is 0 Å². The van der Waals surface area contributed by atoms with E-state index in [2.05, 4.69) is 15.9 Å². The van der Waals surface area contributed by atoms with Gasteiger partial charge in [-0.1, -0.05) is 28.8 Å². The number of likely N-dealkylation sites (tertiary alicyclic amines) is 1. The van der Waals surface area contributed by atoms with Crippen molar-refractivity contribution in [1.82, 2.24) is 4.90 Å². The van der Waals surface area contributed by atoms with Crippen LogP contribution in [0.4, 0.5) is 4.79 Å². The fourth-order valence-corrected chi connectivity index (χ4v) is 3.78. The minimum absolute atomic E-state index is 0.0874. The molecule has 0 radical (unpaired) electrons. The van der Waals surface area contributed by atoms with E-state index in [0.717, 1.165) is 25.7 Å². The fourth-order valence-electron chi connectivity index (χ4n) is 3.41. The zero-order valence-electron chi connectivity index (χ0n) is 10.7. The lowest BCUT2D eigenvalue weighted by Crippen LogP contribution is -2.57. The van der Waals surface area contributed by atoms with Crippen LogP contribution >= 0.6 is 15.9 Å². The molecule has 0 N–H and O–H groups in total. The number of carbonyl (C=O) groups is 2. The number of amides is 1. The molecule has 4 nitrogen and oxygen atoms in total. The van der Waals surface area contributed by atoms with Crippen molar-refractivity contribution in [3.8, 4) is 0 Å². The number of alkyl halides is 1. The minimum atomic E-state index is -0.342. The van der Waals surface area contributed by atoms with Gasteiger partial charge in [-0.3, -0.25) is 9.69 Å². The highest BCUT2D eigenvalue weighted by atomic mass is 79.9. The van der Waals surface area contributed by atoms with Crippen LogP contribution in [0.3, 0.4) is 0 Å². The van der Waals surface area contributed by atoms with Crippen LogP contribution in [0.15, 0.2) is 0 Å². The van der Waals surface area contributed by atoms with Crippen LogP contribution in [0, 0.1) is 5.92 Å². The molecule has 2 rings (SSSR count). The fraction of sp³-hybridized carbons (Fsp3) is 0.846. The van der Waals surface area contributed by atoms with E-state index in [1.165, 1.54) is 20.0 Å². The molecule has 1 amide bonds.